The van der Waals surface area contributed by atoms with Crippen LogP contribution in [0.25, 0.3) is 11.3 Å². The Morgan fingerprint density at radius 2 is 1.97 bits per heavy atom. The highest BCUT2D eigenvalue weighted by Crippen LogP contribution is 2.34. The Bertz CT molecular complexity index is 815. The van der Waals surface area contributed by atoms with Crippen molar-refractivity contribution < 1.29 is 28.3 Å². The SMILES string of the molecule is CCOC(=O)CCCCc1cc(-c2ccc(OC)cc2OCOCC[Si](C)(C)C)on1. The number of rotatable bonds is 14. The maximum atomic E-state index is 11.4. The van der Waals surface area contributed by atoms with E-state index in [1.165, 1.54) is 0 Å². The number of carbonyl (C=O) groups is 1. The Morgan fingerprint density at radius 3 is 2.68 bits per heavy atom. The first-order valence-electron chi connectivity index (χ1n) is 10.8. The highest BCUT2D eigenvalue weighted by Gasteiger charge is 2.15. The van der Waals surface area contributed by atoms with E-state index in [4.69, 9.17) is 23.5 Å². The quantitative estimate of drug-likeness (QED) is 0.167. The van der Waals surface area contributed by atoms with Crippen molar-refractivity contribution in [2.24, 2.45) is 0 Å². The monoisotopic (exact) mass is 449 g/mol. The van der Waals surface area contributed by atoms with Crippen molar-refractivity contribution in [1.82, 2.24) is 5.16 Å². The third-order valence-corrected chi connectivity index (χ3v) is 6.38. The van der Waals surface area contributed by atoms with E-state index in [2.05, 4.69) is 24.8 Å². The van der Waals surface area contributed by atoms with Crippen molar-refractivity contribution in [1.29, 1.82) is 0 Å². The second-order valence-electron chi connectivity index (χ2n) is 8.54. The van der Waals surface area contributed by atoms with Crippen LogP contribution in [0.1, 0.15) is 31.9 Å². The van der Waals surface area contributed by atoms with Gasteiger partial charge in [0.25, 0.3) is 0 Å². The molecule has 31 heavy (non-hydrogen) atoms. The molecule has 1 aromatic heterocycles. The van der Waals surface area contributed by atoms with Gasteiger partial charge in [-0.15, -0.1) is 0 Å². The number of hydrogen-bond donors (Lipinski definition) is 0. The molecule has 0 fully saturated rings. The number of unbranched alkanes of at least 4 members (excludes halogenated alkanes) is 1. The second kappa shape index (κ2) is 12.5. The number of aromatic nitrogens is 1. The molecule has 0 N–H and O–H groups in total. The number of aryl methyl sites for hydroxylation is 1. The van der Waals surface area contributed by atoms with Gasteiger partial charge in [0.2, 0.25) is 0 Å². The van der Waals surface area contributed by atoms with Crippen LogP contribution in [0.5, 0.6) is 11.5 Å². The number of ether oxygens (including phenoxy) is 4. The zero-order valence-electron chi connectivity index (χ0n) is 19.4. The lowest BCUT2D eigenvalue weighted by atomic mass is 10.1. The van der Waals surface area contributed by atoms with E-state index in [-0.39, 0.29) is 12.8 Å². The van der Waals surface area contributed by atoms with Crippen LogP contribution in [0.2, 0.25) is 25.7 Å². The molecule has 1 aromatic carbocycles. The van der Waals surface area contributed by atoms with Gasteiger partial charge in [-0.3, -0.25) is 4.79 Å². The standard InChI is InChI=1S/C23H35NO6Si/c1-6-28-23(25)10-8-7-9-18-15-22(30-24-18)20-12-11-19(26-2)16-21(20)29-17-27-13-14-31(3,4)5/h11-12,15-16H,6-10,13-14,17H2,1-5H3. The lowest BCUT2D eigenvalue weighted by molar-refractivity contribution is -0.143. The first-order chi connectivity index (χ1) is 14.8. The number of esters is 1. The number of carbonyl (C=O) groups excluding carboxylic acids is 1. The van der Waals surface area contributed by atoms with E-state index in [0.29, 0.717) is 36.9 Å². The van der Waals surface area contributed by atoms with Gasteiger partial charge in [0.1, 0.15) is 11.5 Å². The van der Waals surface area contributed by atoms with Crippen LogP contribution in [0.4, 0.5) is 0 Å². The van der Waals surface area contributed by atoms with Crippen LogP contribution in [0.15, 0.2) is 28.8 Å². The molecule has 0 unspecified atom stereocenters. The summed E-state index contributed by atoms with van der Waals surface area (Å²) in [6, 6.07) is 8.56. The summed E-state index contributed by atoms with van der Waals surface area (Å²) in [6.45, 7) is 10.0. The van der Waals surface area contributed by atoms with Crippen molar-refractivity contribution in [3.8, 4) is 22.8 Å². The van der Waals surface area contributed by atoms with Crippen molar-refractivity contribution >= 4 is 14.0 Å². The predicted molar refractivity (Wildman–Crippen MR) is 122 cm³/mol. The molecular weight excluding hydrogens is 414 g/mol. The fourth-order valence-electron chi connectivity index (χ4n) is 2.86. The highest BCUT2D eigenvalue weighted by atomic mass is 28.3. The maximum Gasteiger partial charge on any atom is 0.305 e. The van der Waals surface area contributed by atoms with Crippen LogP contribution in [0.3, 0.4) is 0 Å². The molecule has 0 saturated heterocycles. The molecule has 2 aromatic rings. The molecule has 0 amide bonds. The van der Waals surface area contributed by atoms with Gasteiger partial charge in [-0.2, -0.15) is 0 Å². The largest absolute Gasteiger partial charge is 0.497 e. The first-order valence-corrected chi connectivity index (χ1v) is 14.5. The molecule has 8 heteroatoms. The Balaban J connectivity index is 1.94. The zero-order valence-corrected chi connectivity index (χ0v) is 20.4. The third kappa shape index (κ3) is 9.14. The Labute approximate surface area is 186 Å². The van der Waals surface area contributed by atoms with Crippen molar-refractivity contribution in [3.05, 3.63) is 30.0 Å². The molecule has 0 aliphatic rings. The minimum Gasteiger partial charge on any atom is -0.497 e. The van der Waals surface area contributed by atoms with Crippen LogP contribution in [-0.4, -0.2) is 46.3 Å². The average Bonchev–Trinajstić information content (AvgIpc) is 3.19. The lowest BCUT2D eigenvalue weighted by Crippen LogP contribution is -2.22. The van der Waals surface area contributed by atoms with Gasteiger partial charge in [0.15, 0.2) is 12.6 Å². The van der Waals surface area contributed by atoms with E-state index in [9.17, 15) is 4.79 Å². The Kier molecular flexibility index (Phi) is 10.1. The summed E-state index contributed by atoms with van der Waals surface area (Å²) in [5.41, 5.74) is 1.63. The van der Waals surface area contributed by atoms with Gasteiger partial charge in [0, 0.05) is 33.2 Å². The average molecular weight is 450 g/mol. The smallest absolute Gasteiger partial charge is 0.305 e. The Morgan fingerprint density at radius 1 is 1.16 bits per heavy atom. The van der Waals surface area contributed by atoms with Crippen LogP contribution < -0.4 is 9.47 Å². The van der Waals surface area contributed by atoms with Crippen LogP contribution in [0, 0.1) is 0 Å². The number of methoxy groups -OCH3 is 1. The van der Waals surface area contributed by atoms with Gasteiger partial charge < -0.3 is 23.5 Å². The second-order valence-corrected chi connectivity index (χ2v) is 14.2. The fourth-order valence-corrected chi connectivity index (χ4v) is 3.62. The fraction of sp³-hybridized carbons (Fsp3) is 0.565. The van der Waals surface area contributed by atoms with E-state index in [1.807, 2.05) is 31.2 Å². The molecule has 172 valence electrons. The van der Waals surface area contributed by atoms with Crippen molar-refractivity contribution in [2.75, 3.05) is 27.1 Å². The minimum atomic E-state index is -1.14. The summed E-state index contributed by atoms with van der Waals surface area (Å²) in [5, 5.41) is 4.16. The van der Waals surface area contributed by atoms with Gasteiger partial charge in [0.05, 0.1) is 25.0 Å². The van der Waals surface area contributed by atoms with Crippen molar-refractivity contribution in [3.63, 3.8) is 0 Å². The summed E-state index contributed by atoms with van der Waals surface area (Å²) < 4.78 is 27.4. The van der Waals surface area contributed by atoms with Gasteiger partial charge in [-0.1, -0.05) is 24.8 Å². The molecule has 1 heterocycles. The minimum absolute atomic E-state index is 0.157. The van der Waals surface area contributed by atoms with Gasteiger partial charge in [-0.25, -0.2) is 0 Å². The molecule has 0 radical (unpaired) electrons. The predicted octanol–water partition coefficient (Wildman–Crippen LogP) is 5.32. The molecule has 7 nitrogen and oxygen atoms in total. The van der Waals surface area contributed by atoms with Crippen LogP contribution >= 0.6 is 0 Å². The molecule has 0 spiro atoms. The summed E-state index contributed by atoms with van der Waals surface area (Å²) in [6.07, 6.45) is 2.75. The van der Waals surface area contributed by atoms with E-state index in [0.717, 1.165) is 36.6 Å². The van der Waals surface area contributed by atoms with Gasteiger partial charge in [-0.05, 0) is 44.4 Å². The summed E-state index contributed by atoms with van der Waals surface area (Å²) in [7, 11) is 0.481. The molecule has 0 aliphatic heterocycles. The molecule has 2 rings (SSSR count). The normalized spacial score (nSPS) is 11.4. The van der Waals surface area contributed by atoms with E-state index >= 15 is 0 Å². The molecule has 0 atom stereocenters. The maximum absolute atomic E-state index is 11.4. The van der Waals surface area contributed by atoms with Crippen LogP contribution in [-0.2, 0) is 20.7 Å². The zero-order chi connectivity index (χ0) is 22.7. The lowest BCUT2D eigenvalue weighted by Gasteiger charge is -2.16. The third-order valence-electron chi connectivity index (χ3n) is 4.68. The summed E-state index contributed by atoms with van der Waals surface area (Å²) in [5.74, 6) is 1.78. The molecular formula is C23H35NO6Si. The number of benzene rings is 1. The van der Waals surface area contributed by atoms with Gasteiger partial charge >= 0.3 is 5.97 Å². The Hall–Kier alpha value is -2.32. The van der Waals surface area contributed by atoms with Crippen molar-refractivity contribution in [2.45, 2.75) is 58.3 Å². The summed E-state index contributed by atoms with van der Waals surface area (Å²) >= 11 is 0. The number of nitrogens with zero attached hydrogens (tertiary/aromatic N) is 1. The number of hydrogen-bond acceptors (Lipinski definition) is 7. The topological polar surface area (TPSA) is 80.0 Å². The molecule has 0 bridgehead atoms. The first kappa shape index (κ1) is 24.9. The molecule has 0 aliphatic carbocycles. The highest BCUT2D eigenvalue weighted by molar-refractivity contribution is 6.76. The van der Waals surface area contributed by atoms with E-state index in [1.54, 1.807) is 7.11 Å². The molecule has 0 saturated carbocycles. The van der Waals surface area contributed by atoms with E-state index < -0.39 is 8.07 Å². The summed E-state index contributed by atoms with van der Waals surface area (Å²) in [4.78, 5) is 11.4.